The van der Waals surface area contributed by atoms with Gasteiger partial charge >= 0.3 is 0 Å². The highest BCUT2D eigenvalue weighted by Gasteiger charge is 2.25. The number of hydrogen-bond donors (Lipinski definition) is 5. The fraction of sp³-hybridized carbons (Fsp3) is 0.140. The molecule has 1 unspecified atom stereocenters. The maximum atomic E-state index is 14.5. The largest absolute Gasteiger partial charge is 0.387 e. The molecule has 10 nitrogen and oxygen atoms in total. The number of nitrogens with one attached hydrogen (secondary N) is 4. The number of allylic oxidation sites excluding steroid dienone is 1. The molecule has 0 bridgehead atoms. The van der Waals surface area contributed by atoms with Gasteiger partial charge in [0.15, 0.2) is 0 Å². The summed E-state index contributed by atoms with van der Waals surface area (Å²) >= 11 is 1.80. The minimum Gasteiger partial charge on any atom is -0.387 e. The summed E-state index contributed by atoms with van der Waals surface area (Å²) in [5, 5.41) is 15.1. The highest BCUT2D eigenvalue weighted by atomic mass is 32.2. The fourth-order valence-electron chi connectivity index (χ4n) is 7.91. The number of anilines is 3. The van der Waals surface area contributed by atoms with Gasteiger partial charge in [0.05, 0.1) is 34.6 Å². The highest BCUT2D eigenvalue weighted by Crippen LogP contribution is 2.45. The van der Waals surface area contributed by atoms with Crippen molar-refractivity contribution in [3.63, 3.8) is 0 Å². The first-order chi connectivity index (χ1) is 30.2. The minimum atomic E-state index is -0.620. The first-order valence-electron chi connectivity index (χ1n) is 20.5. The molecule has 9 rings (SSSR count). The van der Waals surface area contributed by atoms with Gasteiger partial charge < -0.3 is 21.4 Å². The summed E-state index contributed by atoms with van der Waals surface area (Å²) in [5.74, 6) is 0.839. The van der Waals surface area contributed by atoms with Gasteiger partial charge in [-0.15, -0.1) is 11.8 Å². The summed E-state index contributed by atoms with van der Waals surface area (Å²) in [4.78, 5) is 39.4. The number of rotatable bonds is 13. The van der Waals surface area contributed by atoms with Gasteiger partial charge in [-0.05, 0) is 108 Å². The number of fused-ring (bicyclic) bond motifs is 2. The Labute approximate surface area is 361 Å². The fourth-order valence-corrected chi connectivity index (χ4v) is 8.89. The maximum absolute atomic E-state index is 14.5. The molecule has 1 aliphatic rings. The second kappa shape index (κ2) is 17.0. The van der Waals surface area contributed by atoms with Gasteiger partial charge in [0, 0.05) is 56.8 Å². The third-order valence-electron chi connectivity index (χ3n) is 11.0. The van der Waals surface area contributed by atoms with Crippen LogP contribution in [0.1, 0.15) is 62.0 Å². The second-order valence-electron chi connectivity index (χ2n) is 15.4. The number of benzene rings is 4. The van der Waals surface area contributed by atoms with Crippen LogP contribution in [0.2, 0.25) is 0 Å². The predicted octanol–water partition coefficient (Wildman–Crippen LogP) is 11.4. The van der Waals surface area contributed by atoms with E-state index >= 15 is 0 Å². The third kappa shape index (κ3) is 7.76. The van der Waals surface area contributed by atoms with Crippen molar-refractivity contribution in [1.82, 2.24) is 20.2 Å². The molecule has 0 radical (unpaired) electrons. The number of aromatic nitrogens is 4. The smallest absolute Gasteiger partial charge is 0.253 e. The summed E-state index contributed by atoms with van der Waals surface area (Å²) in [6.45, 7) is 5.91. The van der Waals surface area contributed by atoms with Gasteiger partial charge in [-0.1, -0.05) is 68.0 Å². The van der Waals surface area contributed by atoms with E-state index in [1.807, 2.05) is 31.5 Å². The number of pyridine rings is 1. The van der Waals surface area contributed by atoms with Crippen molar-refractivity contribution in [2.45, 2.75) is 44.6 Å². The van der Waals surface area contributed by atoms with Crippen LogP contribution in [0, 0.1) is 5.82 Å². The summed E-state index contributed by atoms with van der Waals surface area (Å²) in [6, 6.07) is 28.3. The van der Waals surface area contributed by atoms with E-state index in [4.69, 9.17) is 10.7 Å². The van der Waals surface area contributed by atoms with E-state index in [0.717, 1.165) is 85.4 Å². The molecular formula is C50H43FN8O2S. The first kappa shape index (κ1) is 40.1. The quantitative estimate of drug-likeness (QED) is 0.0437. The number of H-pyrrole nitrogens is 2. The average Bonchev–Trinajstić information content (AvgIpc) is 3.94. The van der Waals surface area contributed by atoms with Crippen LogP contribution in [0.15, 0.2) is 135 Å². The molecule has 308 valence electrons. The molecule has 4 heterocycles. The second-order valence-corrected chi connectivity index (χ2v) is 16.4. The lowest BCUT2D eigenvalue weighted by Gasteiger charge is -2.21. The lowest BCUT2D eigenvalue weighted by Crippen LogP contribution is -2.37. The van der Waals surface area contributed by atoms with Gasteiger partial charge in [0.25, 0.3) is 10.9 Å². The van der Waals surface area contributed by atoms with Gasteiger partial charge in [-0.25, -0.2) is 9.38 Å². The molecule has 1 atom stereocenters. The predicted molar refractivity (Wildman–Crippen MR) is 254 cm³/mol. The van der Waals surface area contributed by atoms with E-state index in [1.54, 1.807) is 49.0 Å². The van der Waals surface area contributed by atoms with E-state index in [2.05, 4.69) is 98.4 Å². The number of hydrogen-bond acceptors (Lipinski definition) is 8. The Kier molecular flexibility index (Phi) is 11.0. The number of unbranched alkanes of at least 4 members (excludes halogenated alkanes) is 1. The third-order valence-corrected chi connectivity index (χ3v) is 12.2. The molecule has 0 amide bonds. The van der Waals surface area contributed by atoms with E-state index in [0.29, 0.717) is 22.8 Å². The Morgan fingerprint density at radius 3 is 2.65 bits per heavy atom. The molecular weight excluding hydrogens is 796 g/mol. The molecule has 1 aliphatic heterocycles. The summed E-state index contributed by atoms with van der Waals surface area (Å²) in [7, 11) is 0. The molecule has 6 N–H and O–H groups in total. The van der Waals surface area contributed by atoms with Crippen LogP contribution in [0.25, 0.3) is 62.1 Å². The normalized spacial score (nSPS) is 13.4. The zero-order valence-electron chi connectivity index (χ0n) is 34.3. The van der Waals surface area contributed by atoms with Crippen LogP contribution in [0.5, 0.6) is 0 Å². The van der Waals surface area contributed by atoms with Gasteiger partial charge in [-0.2, -0.15) is 5.10 Å². The highest BCUT2D eigenvalue weighted by molar-refractivity contribution is 7.99. The molecule has 62 heavy (non-hydrogen) atoms. The van der Waals surface area contributed by atoms with Gasteiger partial charge in [0.1, 0.15) is 17.2 Å². The number of halogens is 1. The van der Waals surface area contributed by atoms with Gasteiger partial charge in [0.2, 0.25) is 0 Å². The Balaban J connectivity index is 1.00. The van der Waals surface area contributed by atoms with Crippen molar-refractivity contribution < 1.29 is 4.39 Å². The Morgan fingerprint density at radius 1 is 0.968 bits per heavy atom. The summed E-state index contributed by atoms with van der Waals surface area (Å²) in [5.41, 5.74) is 17.6. The van der Waals surface area contributed by atoms with Crippen LogP contribution < -0.4 is 27.2 Å². The standard InChI is InChI=1S/C50H43FN8O2S/c1-4-5-6-14-41-46(57-29(3)52)39(26-54-41)37-17-15-33-25-55-59-45(33)44(37)35-23-34-22-32(16-18-43(34)62-27-35)31-11-9-10-30(21-31)28(2)56-47-48(50(61)49(47)60)58-36-19-20-53-42(24-36)38-12-7-8-13-40(38)51/h6-26,28,54,56H,4-5,27H2,1-3H3,(H2,52,57)(H,53,58)(H,55,59). The molecule has 12 heteroatoms. The lowest BCUT2D eigenvalue weighted by atomic mass is 9.91. The van der Waals surface area contributed by atoms with Crippen LogP contribution >= 0.6 is 11.8 Å². The van der Waals surface area contributed by atoms with Crippen LogP contribution in [-0.4, -0.2) is 31.8 Å². The number of nitrogens with zero attached hydrogens (tertiary/aromatic N) is 3. The SMILES string of the molecule is CCCC=Cc1[nH]cc(-c2ccc3cn[nH]c3c2C2=Cc3cc(-c4cccc(C(C)Nc5c(Nc6ccnc(-c7ccccc7F)c6)c(=O)c5=O)c4)ccc3SC2)c1N=C(C)N. The Bertz CT molecular complexity index is 3170. The molecule has 3 aromatic heterocycles. The van der Waals surface area contributed by atoms with E-state index in [9.17, 15) is 14.0 Å². The number of aromatic amines is 2. The van der Waals surface area contributed by atoms with Crippen molar-refractivity contribution in [3.05, 3.63) is 164 Å². The Hall–Kier alpha value is -7.31. The van der Waals surface area contributed by atoms with Gasteiger partial charge in [-0.3, -0.25) is 19.7 Å². The van der Waals surface area contributed by atoms with Crippen LogP contribution in [-0.2, 0) is 0 Å². The van der Waals surface area contributed by atoms with E-state index in [1.165, 1.54) is 17.2 Å². The molecule has 0 saturated heterocycles. The van der Waals surface area contributed by atoms with Crippen molar-refractivity contribution >= 4 is 69.0 Å². The average molecular weight is 839 g/mol. The minimum absolute atomic E-state index is 0.159. The zero-order valence-corrected chi connectivity index (χ0v) is 35.2. The number of aliphatic imine (C=N–C) groups is 1. The molecule has 0 aliphatic carbocycles. The van der Waals surface area contributed by atoms with Crippen molar-refractivity contribution in [1.29, 1.82) is 0 Å². The van der Waals surface area contributed by atoms with Crippen LogP contribution in [0.3, 0.4) is 0 Å². The maximum Gasteiger partial charge on any atom is 0.253 e. The summed E-state index contributed by atoms with van der Waals surface area (Å²) < 4.78 is 14.5. The molecule has 0 saturated carbocycles. The van der Waals surface area contributed by atoms with Crippen molar-refractivity contribution in [2.75, 3.05) is 16.4 Å². The lowest BCUT2D eigenvalue weighted by molar-refractivity contribution is 0.631. The number of amidine groups is 1. The first-order valence-corrected chi connectivity index (χ1v) is 21.5. The number of nitrogens with two attached hydrogens (primary N) is 1. The molecule has 0 spiro atoms. The zero-order chi connectivity index (χ0) is 42.9. The summed E-state index contributed by atoms with van der Waals surface area (Å²) in [6.07, 6.45) is 13.9. The van der Waals surface area contributed by atoms with Crippen molar-refractivity contribution in [2.24, 2.45) is 10.7 Å². The van der Waals surface area contributed by atoms with E-state index < -0.39 is 16.7 Å². The van der Waals surface area contributed by atoms with Crippen molar-refractivity contribution in [3.8, 4) is 33.5 Å². The van der Waals surface area contributed by atoms with E-state index in [-0.39, 0.29) is 17.4 Å². The number of thioether (sulfide) groups is 1. The molecule has 8 aromatic rings. The topological polar surface area (TPSA) is 154 Å². The molecule has 5 aromatic carbocycles. The molecule has 0 fully saturated rings. The van der Waals surface area contributed by atoms with Crippen LogP contribution in [0.4, 0.5) is 27.1 Å². The monoisotopic (exact) mass is 838 g/mol. The Morgan fingerprint density at radius 2 is 1.81 bits per heavy atom.